The van der Waals surface area contributed by atoms with Crippen molar-refractivity contribution in [1.29, 1.82) is 0 Å². The number of methoxy groups -OCH3 is 2. The van der Waals surface area contributed by atoms with E-state index in [1.165, 1.54) is 30.9 Å². The molecule has 1 aliphatic carbocycles. The number of carbonyl (C=O) groups is 4. The highest BCUT2D eigenvalue weighted by atomic mass is 16.5. The number of hydrogen-bond donors (Lipinski definition) is 4. The Labute approximate surface area is 347 Å². The van der Waals surface area contributed by atoms with Crippen LogP contribution in [0.25, 0.3) is 33.6 Å². The number of hydrogen-bond acceptors (Lipinski definition) is 8. The SMILES string of the molecule is CCCN(C(=O)C(NC(=O)OC)C(C)C)C(C)c1ncc(-c2ccc(-c3ccc(-c4cnc(C5CCCN5C(=O)C(NC(=O)OC)C(C)C)[nH]4)cc3)c3c2CCCC3)[nH]1. The highest BCUT2D eigenvalue weighted by Crippen LogP contribution is 2.39. The maximum absolute atomic E-state index is 13.8. The standard InChI is InChI=1S/C45H60N8O6/c1-9-22-52(42(54)38(26(2)3)50-44(56)58-7)28(6)40-46-25-36(49-40)34-21-20-31(32-13-10-11-14-33(32)34)29-16-18-30(19-17-29)35-24-47-41(48-35)37-15-12-23-53(37)43(55)39(27(4)5)51-45(57)59-8/h16-21,24-28,37-39H,9-15,22-23H2,1-8H3,(H,46,49)(H,47,48)(H,50,56)(H,51,57). The van der Waals surface area contributed by atoms with E-state index in [9.17, 15) is 19.2 Å². The number of carbonyl (C=O) groups excluding carboxylic acids is 4. The second kappa shape index (κ2) is 18.9. The van der Waals surface area contributed by atoms with Gasteiger partial charge in [-0.3, -0.25) is 9.59 Å². The normalized spacial score (nSPS) is 16.6. The highest BCUT2D eigenvalue weighted by molar-refractivity contribution is 5.87. The maximum Gasteiger partial charge on any atom is 0.407 e. The monoisotopic (exact) mass is 808 g/mol. The zero-order valence-corrected chi connectivity index (χ0v) is 35.7. The molecule has 0 saturated carbocycles. The summed E-state index contributed by atoms with van der Waals surface area (Å²) in [5.74, 6) is 0.883. The number of amides is 4. The molecule has 316 valence electrons. The molecule has 3 heterocycles. The van der Waals surface area contributed by atoms with Crippen LogP contribution < -0.4 is 10.6 Å². The first-order valence-corrected chi connectivity index (χ1v) is 21.0. The van der Waals surface area contributed by atoms with Gasteiger partial charge in [0, 0.05) is 18.7 Å². The molecule has 1 fully saturated rings. The first-order chi connectivity index (χ1) is 28.4. The third kappa shape index (κ3) is 9.31. The van der Waals surface area contributed by atoms with Crippen LogP contribution in [-0.4, -0.2) is 93.1 Å². The zero-order chi connectivity index (χ0) is 42.4. The van der Waals surface area contributed by atoms with Gasteiger partial charge >= 0.3 is 12.2 Å². The molecule has 4 atom stereocenters. The molecule has 0 spiro atoms. The first kappa shape index (κ1) is 42.9. The number of ether oxygens (including phenoxy) is 2. The summed E-state index contributed by atoms with van der Waals surface area (Å²) in [5.41, 5.74) is 8.93. The average molecular weight is 809 g/mol. The van der Waals surface area contributed by atoms with Crippen LogP contribution in [0.4, 0.5) is 9.59 Å². The highest BCUT2D eigenvalue weighted by Gasteiger charge is 2.38. The van der Waals surface area contributed by atoms with Crippen LogP contribution in [0.3, 0.4) is 0 Å². The van der Waals surface area contributed by atoms with Crippen molar-refractivity contribution in [2.75, 3.05) is 27.3 Å². The molecule has 1 aliphatic heterocycles. The van der Waals surface area contributed by atoms with Crippen molar-refractivity contribution in [3.63, 3.8) is 0 Å². The summed E-state index contributed by atoms with van der Waals surface area (Å²) in [6.07, 6.45) is 9.00. The van der Waals surface area contributed by atoms with Gasteiger partial charge in [-0.15, -0.1) is 0 Å². The maximum atomic E-state index is 13.8. The van der Waals surface area contributed by atoms with Gasteiger partial charge in [0.05, 0.1) is 50.1 Å². The lowest BCUT2D eigenvalue weighted by Crippen LogP contribution is -2.52. The fraction of sp³-hybridized carbons (Fsp3) is 0.511. The second-order valence-corrected chi connectivity index (χ2v) is 16.4. The van der Waals surface area contributed by atoms with Gasteiger partial charge in [-0.1, -0.05) is 71.0 Å². The Morgan fingerprint density at radius 1 is 0.780 bits per heavy atom. The summed E-state index contributed by atoms with van der Waals surface area (Å²) >= 11 is 0. The molecule has 59 heavy (non-hydrogen) atoms. The molecule has 14 heteroatoms. The number of benzene rings is 2. The third-order valence-corrected chi connectivity index (χ3v) is 11.8. The van der Waals surface area contributed by atoms with Crippen LogP contribution in [0.5, 0.6) is 0 Å². The van der Waals surface area contributed by atoms with E-state index in [0.29, 0.717) is 18.9 Å². The van der Waals surface area contributed by atoms with Gasteiger partial charge in [-0.2, -0.15) is 0 Å². The van der Waals surface area contributed by atoms with E-state index in [0.717, 1.165) is 78.8 Å². The number of fused-ring (bicyclic) bond motifs is 1. The van der Waals surface area contributed by atoms with E-state index in [2.05, 4.69) is 57.0 Å². The van der Waals surface area contributed by atoms with Crippen molar-refractivity contribution in [2.24, 2.45) is 11.8 Å². The van der Waals surface area contributed by atoms with Crippen LogP contribution in [0.1, 0.15) is 109 Å². The van der Waals surface area contributed by atoms with Crippen molar-refractivity contribution in [1.82, 2.24) is 40.4 Å². The lowest BCUT2D eigenvalue weighted by Gasteiger charge is -2.33. The molecule has 1 saturated heterocycles. The van der Waals surface area contributed by atoms with E-state index in [1.54, 1.807) is 4.90 Å². The fourth-order valence-corrected chi connectivity index (χ4v) is 8.51. The summed E-state index contributed by atoms with van der Waals surface area (Å²) in [4.78, 5) is 71.7. The summed E-state index contributed by atoms with van der Waals surface area (Å²) in [6, 6.07) is 11.0. The minimum absolute atomic E-state index is 0.106. The largest absolute Gasteiger partial charge is 0.453 e. The van der Waals surface area contributed by atoms with Crippen LogP contribution in [-0.2, 0) is 31.9 Å². The molecule has 2 aromatic heterocycles. The quantitative estimate of drug-likeness (QED) is 0.100. The van der Waals surface area contributed by atoms with Gasteiger partial charge in [-0.05, 0) is 91.5 Å². The van der Waals surface area contributed by atoms with E-state index in [-0.39, 0.29) is 35.7 Å². The fourth-order valence-electron chi connectivity index (χ4n) is 8.51. The Kier molecular flexibility index (Phi) is 13.8. The topological polar surface area (TPSA) is 175 Å². The molecule has 4 unspecified atom stereocenters. The van der Waals surface area contributed by atoms with E-state index < -0.39 is 24.3 Å². The molecular weight excluding hydrogens is 749 g/mol. The number of aromatic nitrogens is 4. The number of aromatic amines is 2. The van der Waals surface area contributed by atoms with Crippen molar-refractivity contribution in [3.8, 4) is 33.6 Å². The van der Waals surface area contributed by atoms with Crippen molar-refractivity contribution in [2.45, 2.75) is 111 Å². The van der Waals surface area contributed by atoms with Crippen LogP contribution >= 0.6 is 0 Å². The Hall–Kier alpha value is -5.66. The van der Waals surface area contributed by atoms with Crippen LogP contribution in [0, 0.1) is 11.8 Å². The van der Waals surface area contributed by atoms with Crippen molar-refractivity contribution < 1.29 is 28.7 Å². The summed E-state index contributed by atoms with van der Waals surface area (Å²) in [5, 5.41) is 5.43. The second-order valence-electron chi connectivity index (χ2n) is 16.4. The zero-order valence-electron chi connectivity index (χ0n) is 35.7. The smallest absolute Gasteiger partial charge is 0.407 e. The molecule has 4 N–H and O–H groups in total. The average Bonchev–Trinajstić information content (AvgIpc) is 4.04. The summed E-state index contributed by atoms with van der Waals surface area (Å²) < 4.78 is 9.58. The molecule has 2 aliphatic rings. The Bertz CT molecular complexity index is 2110. The predicted molar refractivity (Wildman–Crippen MR) is 226 cm³/mol. The molecule has 0 bridgehead atoms. The number of H-pyrrole nitrogens is 2. The van der Waals surface area contributed by atoms with Gasteiger partial charge in [0.25, 0.3) is 0 Å². The Morgan fingerprint density at radius 2 is 1.37 bits per heavy atom. The lowest BCUT2D eigenvalue weighted by molar-refractivity contribution is -0.137. The minimum atomic E-state index is -0.724. The van der Waals surface area contributed by atoms with Gasteiger partial charge in [0.1, 0.15) is 23.7 Å². The predicted octanol–water partition coefficient (Wildman–Crippen LogP) is 7.74. The molecule has 0 radical (unpaired) electrons. The van der Waals surface area contributed by atoms with E-state index in [1.807, 2.05) is 58.8 Å². The Morgan fingerprint density at radius 3 is 2.00 bits per heavy atom. The molecule has 2 aromatic carbocycles. The van der Waals surface area contributed by atoms with Gasteiger partial charge in [0.15, 0.2) is 0 Å². The molecule has 6 rings (SSSR count). The third-order valence-electron chi connectivity index (χ3n) is 11.8. The minimum Gasteiger partial charge on any atom is -0.453 e. The molecular formula is C45H60N8O6. The summed E-state index contributed by atoms with van der Waals surface area (Å²) in [6.45, 7) is 12.7. The van der Waals surface area contributed by atoms with Crippen molar-refractivity contribution >= 4 is 24.0 Å². The van der Waals surface area contributed by atoms with Gasteiger partial charge in [-0.25, -0.2) is 19.6 Å². The molecule has 4 aromatic rings. The number of imidazole rings is 2. The number of rotatable bonds is 14. The lowest BCUT2D eigenvalue weighted by atomic mass is 9.82. The number of likely N-dealkylation sites (tertiary alicyclic amines) is 1. The van der Waals surface area contributed by atoms with E-state index in [4.69, 9.17) is 19.4 Å². The number of alkyl carbamates (subject to hydrolysis) is 2. The van der Waals surface area contributed by atoms with E-state index >= 15 is 0 Å². The first-order valence-electron chi connectivity index (χ1n) is 21.0. The van der Waals surface area contributed by atoms with Crippen molar-refractivity contribution in [3.05, 3.63) is 71.6 Å². The van der Waals surface area contributed by atoms with Crippen LogP contribution in [0.2, 0.25) is 0 Å². The Balaban J connectivity index is 1.20. The van der Waals surface area contributed by atoms with Crippen LogP contribution in [0.15, 0.2) is 48.8 Å². The van der Waals surface area contributed by atoms with Gasteiger partial charge in [0.2, 0.25) is 11.8 Å². The summed E-state index contributed by atoms with van der Waals surface area (Å²) in [7, 11) is 2.59. The number of nitrogens with one attached hydrogen (secondary N) is 4. The van der Waals surface area contributed by atoms with Gasteiger partial charge < -0.3 is 39.9 Å². The molecule has 4 amide bonds. The number of nitrogens with zero attached hydrogens (tertiary/aromatic N) is 4. The molecule has 14 nitrogen and oxygen atoms in total.